The fraction of sp³-hybridized carbons (Fsp3) is 0.385. The Morgan fingerprint density at radius 2 is 1.97 bits per heavy atom. The maximum Gasteiger partial charge on any atom is 0.257 e. The van der Waals surface area contributed by atoms with Crippen LogP contribution < -0.4 is 5.32 Å². The number of hydrogen-bond acceptors (Lipinski definition) is 4. The Labute approximate surface area is 199 Å². The van der Waals surface area contributed by atoms with E-state index >= 15 is 0 Å². The molecule has 1 saturated carbocycles. The summed E-state index contributed by atoms with van der Waals surface area (Å²) < 4.78 is 0. The number of pyridine rings is 1. The van der Waals surface area contributed by atoms with Crippen LogP contribution in [0.4, 0.5) is 5.69 Å². The van der Waals surface area contributed by atoms with Gasteiger partial charge in [-0.25, -0.2) is 0 Å². The first-order valence-electron chi connectivity index (χ1n) is 11.3. The Kier molecular flexibility index (Phi) is 6.80. The van der Waals surface area contributed by atoms with Crippen LogP contribution in [-0.2, 0) is 4.79 Å². The average molecular weight is 463 g/mol. The van der Waals surface area contributed by atoms with Gasteiger partial charge in [0.2, 0.25) is 5.91 Å². The van der Waals surface area contributed by atoms with Crippen molar-refractivity contribution in [1.29, 1.82) is 5.26 Å². The maximum absolute atomic E-state index is 12.8. The van der Waals surface area contributed by atoms with E-state index < -0.39 is 0 Å². The molecule has 1 aromatic heterocycles. The van der Waals surface area contributed by atoms with Gasteiger partial charge in [-0.2, -0.15) is 5.26 Å². The van der Waals surface area contributed by atoms with Crippen LogP contribution in [0, 0.1) is 31.1 Å². The van der Waals surface area contributed by atoms with Crippen molar-refractivity contribution in [2.75, 3.05) is 18.4 Å². The van der Waals surface area contributed by atoms with Gasteiger partial charge in [0.25, 0.3) is 5.91 Å². The molecular weight excluding hydrogens is 436 g/mol. The predicted molar refractivity (Wildman–Crippen MR) is 129 cm³/mol. The highest BCUT2D eigenvalue weighted by Crippen LogP contribution is 2.34. The number of nitriles is 1. The summed E-state index contributed by atoms with van der Waals surface area (Å²) in [5, 5.41) is 12.6. The lowest BCUT2D eigenvalue weighted by atomic mass is 9.97. The van der Waals surface area contributed by atoms with Crippen molar-refractivity contribution in [3.63, 3.8) is 0 Å². The summed E-state index contributed by atoms with van der Waals surface area (Å²) >= 11 is 6.37. The summed E-state index contributed by atoms with van der Waals surface area (Å²) in [4.78, 5) is 31.3. The predicted octanol–water partition coefficient (Wildman–Crippen LogP) is 5.28. The lowest BCUT2D eigenvalue weighted by Gasteiger charge is -2.29. The quantitative estimate of drug-likeness (QED) is 0.654. The molecule has 2 aliphatic rings. The van der Waals surface area contributed by atoms with Gasteiger partial charge in [-0.3, -0.25) is 14.6 Å². The molecule has 1 aliphatic heterocycles. The van der Waals surface area contributed by atoms with Gasteiger partial charge in [0.15, 0.2) is 0 Å². The molecule has 170 valence electrons. The number of nitrogens with zero attached hydrogens (tertiary/aromatic N) is 3. The second kappa shape index (κ2) is 9.76. The summed E-state index contributed by atoms with van der Waals surface area (Å²) in [5.41, 5.74) is 5.03. The number of amides is 2. The van der Waals surface area contributed by atoms with E-state index in [2.05, 4.69) is 22.4 Å². The largest absolute Gasteiger partial charge is 0.342 e. The highest BCUT2D eigenvalue weighted by Gasteiger charge is 2.28. The van der Waals surface area contributed by atoms with Gasteiger partial charge in [0.05, 0.1) is 16.8 Å². The standard InChI is InChI=1S/C26H27ClN4O2/c1-16-20(9-19-5-7-31(8-6-19)25(32)10-18-3-4-18)12-23(27)13-24(16)30-26(33)22-11-21(14-28)17(2)29-15-22/h9,11-13,15,18H,3-8,10H2,1-2H3,(H,30,33). The zero-order valence-corrected chi connectivity index (χ0v) is 19.7. The van der Waals surface area contributed by atoms with Gasteiger partial charge in [-0.1, -0.05) is 23.3 Å². The van der Waals surface area contributed by atoms with Crippen LogP contribution in [0.3, 0.4) is 0 Å². The third-order valence-corrected chi connectivity index (χ3v) is 6.63. The molecule has 2 fully saturated rings. The van der Waals surface area contributed by atoms with Crippen LogP contribution >= 0.6 is 11.6 Å². The van der Waals surface area contributed by atoms with Crippen LogP contribution in [0.1, 0.15) is 64.8 Å². The highest BCUT2D eigenvalue weighted by molar-refractivity contribution is 6.31. The number of nitrogens with one attached hydrogen (secondary N) is 1. The lowest BCUT2D eigenvalue weighted by Crippen LogP contribution is -2.36. The number of aromatic nitrogens is 1. The average Bonchev–Trinajstić information content (AvgIpc) is 3.61. The number of carbonyl (C=O) groups excluding carboxylic acids is 2. The molecule has 1 saturated heterocycles. The number of likely N-dealkylation sites (tertiary alicyclic amines) is 1. The second-order valence-corrected chi connectivity index (χ2v) is 9.36. The minimum Gasteiger partial charge on any atom is -0.342 e. The van der Waals surface area contributed by atoms with Gasteiger partial charge in [0.1, 0.15) is 6.07 Å². The number of anilines is 1. The number of rotatable bonds is 5. The molecule has 2 heterocycles. The van der Waals surface area contributed by atoms with E-state index in [0.717, 1.165) is 37.1 Å². The number of piperidine rings is 1. The van der Waals surface area contributed by atoms with E-state index in [0.29, 0.717) is 39.9 Å². The molecule has 0 bridgehead atoms. The van der Waals surface area contributed by atoms with E-state index in [-0.39, 0.29) is 11.8 Å². The minimum absolute atomic E-state index is 0.283. The summed E-state index contributed by atoms with van der Waals surface area (Å²) in [7, 11) is 0. The first-order chi connectivity index (χ1) is 15.8. The Bertz CT molecular complexity index is 1170. The zero-order valence-electron chi connectivity index (χ0n) is 18.9. The Morgan fingerprint density at radius 1 is 1.24 bits per heavy atom. The number of halogens is 1. The number of aryl methyl sites for hydroxylation is 1. The number of benzene rings is 1. The Balaban J connectivity index is 1.47. The molecule has 0 unspecified atom stereocenters. The van der Waals surface area contributed by atoms with Gasteiger partial charge in [0, 0.05) is 36.4 Å². The van der Waals surface area contributed by atoms with Gasteiger partial charge < -0.3 is 10.2 Å². The maximum atomic E-state index is 12.8. The van der Waals surface area contributed by atoms with Crippen molar-refractivity contribution in [3.05, 3.63) is 62.9 Å². The molecule has 1 N–H and O–H groups in total. The molecule has 1 aliphatic carbocycles. The van der Waals surface area contributed by atoms with Crippen molar-refractivity contribution in [3.8, 4) is 6.07 Å². The molecule has 6 nitrogen and oxygen atoms in total. The molecular formula is C26H27ClN4O2. The SMILES string of the molecule is Cc1ncc(C(=O)Nc2cc(Cl)cc(C=C3CCN(C(=O)CC4CC4)CC3)c2C)cc1C#N. The van der Waals surface area contributed by atoms with Crippen LogP contribution in [-0.4, -0.2) is 34.8 Å². The minimum atomic E-state index is -0.342. The summed E-state index contributed by atoms with van der Waals surface area (Å²) in [6.07, 6.45) is 8.36. The molecule has 7 heteroatoms. The van der Waals surface area contributed by atoms with Crippen LogP contribution in [0.5, 0.6) is 0 Å². The van der Waals surface area contributed by atoms with E-state index in [1.807, 2.05) is 17.9 Å². The summed E-state index contributed by atoms with van der Waals surface area (Å²) in [6, 6.07) is 7.22. The zero-order chi connectivity index (χ0) is 23.5. The monoisotopic (exact) mass is 462 g/mol. The molecule has 1 aromatic carbocycles. The molecule has 2 aromatic rings. The number of carbonyl (C=O) groups is 2. The highest BCUT2D eigenvalue weighted by atomic mass is 35.5. The topological polar surface area (TPSA) is 86.1 Å². The Morgan fingerprint density at radius 3 is 2.64 bits per heavy atom. The van der Waals surface area contributed by atoms with Crippen LogP contribution in [0.15, 0.2) is 30.0 Å². The summed E-state index contributed by atoms with van der Waals surface area (Å²) in [6.45, 7) is 5.18. The lowest BCUT2D eigenvalue weighted by molar-refractivity contribution is -0.132. The normalized spacial score (nSPS) is 15.7. The molecule has 4 rings (SSSR count). The van der Waals surface area contributed by atoms with Crippen molar-refractivity contribution in [2.24, 2.45) is 5.92 Å². The fourth-order valence-electron chi connectivity index (χ4n) is 4.05. The first-order valence-corrected chi connectivity index (χ1v) is 11.7. The molecule has 33 heavy (non-hydrogen) atoms. The fourth-order valence-corrected chi connectivity index (χ4v) is 4.28. The van der Waals surface area contributed by atoms with Crippen molar-refractivity contribution < 1.29 is 9.59 Å². The molecule has 0 atom stereocenters. The van der Waals surface area contributed by atoms with E-state index in [1.54, 1.807) is 19.1 Å². The van der Waals surface area contributed by atoms with E-state index in [4.69, 9.17) is 11.6 Å². The second-order valence-electron chi connectivity index (χ2n) is 8.92. The van der Waals surface area contributed by atoms with Crippen LogP contribution in [0.2, 0.25) is 5.02 Å². The first kappa shape index (κ1) is 23.0. The third kappa shape index (κ3) is 5.61. The summed E-state index contributed by atoms with van der Waals surface area (Å²) in [5.74, 6) is 0.551. The Hall–Kier alpha value is -3.17. The van der Waals surface area contributed by atoms with Crippen LogP contribution in [0.25, 0.3) is 6.08 Å². The van der Waals surface area contributed by atoms with Gasteiger partial charge >= 0.3 is 0 Å². The van der Waals surface area contributed by atoms with E-state index in [1.165, 1.54) is 24.6 Å². The van der Waals surface area contributed by atoms with E-state index in [9.17, 15) is 14.9 Å². The number of hydrogen-bond donors (Lipinski definition) is 1. The van der Waals surface area contributed by atoms with Crippen molar-refractivity contribution in [1.82, 2.24) is 9.88 Å². The molecule has 0 spiro atoms. The van der Waals surface area contributed by atoms with Crippen molar-refractivity contribution >= 4 is 35.2 Å². The molecule has 0 radical (unpaired) electrons. The van der Waals surface area contributed by atoms with Crippen molar-refractivity contribution in [2.45, 2.75) is 46.0 Å². The molecule has 2 amide bonds. The van der Waals surface area contributed by atoms with Gasteiger partial charge in [-0.05, 0) is 74.8 Å². The van der Waals surface area contributed by atoms with Gasteiger partial charge in [-0.15, -0.1) is 0 Å². The third-order valence-electron chi connectivity index (χ3n) is 6.41. The smallest absolute Gasteiger partial charge is 0.257 e.